The number of pyridine rings is 1. The number of likely N-dealkylation sites (tertiary alicyclic amines) is 1. The van der Waals surface area contributed by atoms with Gasteiger partial charge < -0.3 is 15.0 Å². The Hall–Kier alpha value is -2.14. The number of nitrogens with one attached hydrogen (secondary N) is 1. The normalized spacial score (nSPS) is 18.2. The van der Waals surface area contributed by atoms with E-state index in [-0.39, 0.29) is 12.0 Å². The van der Waals surface area contributed by atoms with E-state index in [4.69, 9.17) is 4.74 Å². The van der Waals surface area contributed by atoms with E-state index in [0.29, 0.717) is 12.2 Å². The first-order chi connectivity index (χ1) is 10.2. The summed E-state index contributed by atoms with van der Waals surface area (Å²) in [6, 6.07) is 9.79. The molecule has 1 unspecified atom stereocenters. The Kier molecular flexibility index (Phi) is 3.75. The Morgan fingerprint density at radius 3 is 2.95 bits per heavy atom. The highest BCUT2D eigenvalue weighted by Gasteiger charge is 2.27. The summed E-state index contributed by atoms with van der Waals surface area (Å²) >= 11 is 0. The lowest BCUT2D eigenvalue weighted by atomic mass is 10.1. The molecule has 0 bridgehead atoms. The number of amides is 1. The number of nitrogens with zero attached hydrogens (tertiary/aromatic N) is 2. The minimum Gasteiger partial charge on any atom is -0.380 e. The van der Waals surface area contributed by atoms with Crippen LogP contribution in [0.15, 0.2) is 30.3 Å². The first kappa shape index (κ1) is 13.8. The summed E-state index contributed by atoms with van der Waals surface area (Å²) < 4.78 is 5.32. The van der Waals surface area contributed by atoms with Gasteiger partial charge in [-0.2, -0.15) is 0 Å². The van der Waals surface area contributed by atoms with Crippen LogP contribution in [0, 0.1) is 0 Å². The van der Waals surface area contributed by atoms with E-state index in [2.05, 4.69) is 10.3 Å². The van der Waals surface area contributed by atoms with E-state index in [9.17, 15) is 4.79 Å². The van der Waals surface area contributed by atoms with Crippen LogP contribution < -0.4 is 5.32 Å². The van der Waals surface area contributed by atoms with Gasteiger partial charge in [0.05, 0.1) is 6.10 Å². The molecule has 2 aromatic rings. The predicted molar refractivity (Wildman–Crippen MR) is 82.6 cm³/mol. The molecule has 0 spiro atoms. The second kappa shape index (κ2) is 5.69. The molecule has 1 amide bonds. The van der Waals surface area contributed by atoms with Crippen LogP contribution in [0.2, 0.25) is 0 Å². The molecular weight excluding hydrogens is 266 g/mol. The molecule has 5 nitrogen and oxygen atoms in total. The average molecular weight is 285 g/mol. The number of hydrogen-bond acceptors (Lipinski definition) is 4. The standard InChI is InChI=1S/C16H19N3O2/c1-17-15-13-6-4-3-5-11(13)9-14(18-15)16(20)19-8-7-12(10-19)21-2/h3-6,9,12H,7-8,10H2,1-2H3,(H,17,18). The number of benzene rings is 1. The van der Waals surface area contributed by atoms with Gasteiger partial charge in [0.15, 0.2) is 0 Å². The molecule has 1 N–H and O–H groups in total. The average Bonchev–Trinajstić information content (AvgIpc) is 3.02. The number of ether oxygens (including phenoxy) is 1. The van der Waals surface area contributed by atoms with Crippen LogP contribution in [0.25, 0.3) is 10.8 Å². The highest BCUT2D eigenvalue weighted by molar-refractivity contribution is 6.00. The van der Waals surface area contributed by atoms with Crippen molar-refractivity contribution in [3.63, 3.8) is 0 Å². The third kappa shape index (κ3) is 2.56. The van der Waals surface area contributed by atoms with Gasteiger partial charge in [-0.25, -0.2) is 4.98 Å². The fourth-order valence-corrected chi connectivity index (χ4v) is 2.77. The van der Waals surface area contributed by atoms with Gasteiger partial charge in [-0.1, -0.05) is 24.3 Å². The topological polar surface area (TPSA) is 54.5 Å². The molecule has 1 aromatic carbocycles. The molecule has 1 aliphatic rings. The molecule has 3 rings (SSSR count). The van der Waals surface area contributed by atoms with Crippen molar-refractivity contribution < 1.29 is 9.53 Å². The number of carbonyl (C=O) groups excluding carboxylic acids is 1. The molecule has 0 aliphatic carbocycles. The Balaban J connectivity index is 1.95. The lowest BCUT2D eigenvalue weighted by Gasteiger charge is -2.16. The van der Waals surface area contributed by atoms with Crippen molar-refractivity contribution in [2.45, 2.75) is 12.5 Å². The molecule has 5 heteroatoms. The highest BCUT2D eigenvalue weighted by atomic mass is 16.5. The Bertz CT molecular complexity index is 672. The second-order valence-electron chi connectivity index (χ2n) is 5.22. The fraction of sp³-hybridized carbons (Fsp3) is 0.375. The molecule has 1 saturated heterocycles. The van der Waals surface area contributed by atoms with Crippen LogP contribution in [0.5, 0.6) is 0 Å². The van der Waals surface area contributed by atoms with Crippen molar-refractivity contribution in [2.75, 3.05) is 32.6 Å². The minimum absolute atomic E-state index is 0.0307. The van der Waals surface area contributed by atoms with Gasteiger partial charge in [0.1, 0.15) is 11.5 Å². The molecule has 0 saturated carbocycles. The molecule has 2 heterocycles. The van der Waals surface area contributed by atoms with Crippen molar-refractivity contribution in [1.29, 1.82) is 0 Å². The second-order valence-corrected chi connectivity index (χ2v) is 5.22. The van der Waals surface area contributed by atoms with Crippen molar-refractivity contribution in [3.8, 4) is 0 Å². The summed E-state index contributed by atoms with van der Waals surface area (Å²) in [5.74, 6) is 0.704. The SMILES string of the molecule is CNc1nc(C(=O)N2CCC(OC)C2)cc2ccccc12. The van der Waals surface area contributed by atoms with Crippen molar-refractivity contribution in [1.82, 2.24) is 9.88 Å². The maximum atomic E-state index is 12.6. The maximum Gasteiger partial charge on any atom is 0.272 e. The number of methoxy groups -OCH3 is 1. The van der Waals surface area contributed by atoms with E-state index in [0.717, 1.165) is 29.6 Å². The molecule has 1 atom stereocenters. The minimum atomic E-state index is -0.0307. The molecule has 1 fully saturated rings. The van der Waals surface area contributed by atoms with Crippen molar-refractivity contribution in [2.24, 2.45) is 0 Å². The summed E-state index contributed by atoms with van der Waals surface area (Å²) in [5, 5.41) is 5.11. The number of fused-ring (bicyclic) bond motifs is 1. The Labute approximate surface area is 123 Å². The van der Waals surface area contributed by atoms with Gasteiger partial charge >= 0.3 is 0 Å². The van der Waals surface area contributed by atoms with Crippen LogP contribution in [0.1, 0.15) is 16.9 Å². The van der Waals surface area contributed by atoms with Crippen LogP contribution in [0.4, 0.5) is 5.82 Å². The third-order valence-corrected chi connectivity index (χ3v) is 3.96. The summed E-state index contributed by atoms with van der Waals surface area (Å²) in [5.41, 5.74) is 0.481. The number of rotatable bonds is 3. The molecule has 21 heavy (non-hydrogen) atoms. The summed E-state index contributed by atoms with van der Waals surface area (Å²) in [6.07, 6.45) is 1.02. The van der Waals surface area contributed by atoms with Gasteiger partial charge in [0.2, 0.25) is 0 Å². The maximum absolute atomic E-state index is 12.6. The Morgan fingerprint density at radius 1 is 1.43 bits per heavy atom. The molecular formula is C16H19N3O2. The number of anilines is 1. The van der Waals surface area contributed by atoms with E-state index in [1.165, 1.54) is 0 Å². The van der Waals surface area contributed by atoms with E-state index in [1.54, 1.807) is 7.11 Å². The number of carbonyl (C=O) groups is 1. The third-order valence-electron chi connectivity index (χ3n) is 3.96. The number of hydrogen-bond donors (Lipinski definition) is 1. The Morgan fingerprint density at radius 2 is 2.24 bits per heavy atom. The predicted octanol–water partition coefficient (Wildman–Crippen LogP) is 2.14. The molecule has 0 radical (unpaired) electrons. The zero-order valence-electron chi connectivity index (χ0n) is 12.3. The smallest absolute Gasteiger partial charge is 0.272 e. The zero-order chi connectivity index (χ0) is 14.8. The largest absolute Gasteiger partial charge is 0.380 e. The quantitative estimate of drug-likeness (QED) is 0.938. The van der Waals surface area contributed by atoms with Crippen LogP contribution in [-0.4, -0.2) is 49.1 Å². The summed E-state index contributed by atoms with van der Waals surface area (Å²) in [6.45, 7) is 1.36. The van der Waals surface area contributed by atoms with Crippen LogP contribution in [0.3, 0.4) is 0 Å². The molecule has 1 aromatic heterocycles. The van der Waals surface area contributed by atoms with Gasteiger partial charge in [0, 0.05) is 32.6 Å². The van der Waals surface area contributed by atoms with Crippen molar-refractivity contribution >= 4 is 22.5 Å². The van der Waals surface area contributed by atoms with Gasteiger partial charge in [0.25, 0.3) is 5.91 Å². The first-order valence-electron chi connectivity index (χ1n) is 7.12. The molecule has 1 aliphatic heterocycles. The number of aromatic nitrogens is 1. The van der Waals surface area contributed by atoms with E-state index < -0.39 is 0 Å². The van der Waals surface area contributed by atoms with Gasteiger partial charge in [-0.3, -0.25) is 4.79 Å². The highest BCUT2D eigenvalue weighted by Crippen LogP contribution is 2.23. The molecule has 110 valence electrons. The zero-order valence-corrected chi connectivity index (χ0v) is 12.3. The van der Waals surface area contributed by atoms with E-state index in [1.807, 2.05) is 42.3 Å². The van der Waals surface area contributed by atoms with Crippen LogP contribution in [-0.2, 0) is 4.74 Å². The lowest BCUT2D eigenvalue weighted by Crippen LogP contribution is -2.30. The summed E-state index contributed by atoms with van der Waals surface area (Å²) in [4.78, 5) is 18.9. The van der Waals surface area contributed by atoms with Crippen molar-refractivity contribution in [3.05, 3.63) is 36.0 Å². The fourth-order valence-electron chi connectivity index (χ4n) is 2.77. The lowest BCUT2D eigenvalue weighted by molar-refractivity contribution is 0.0719. The van der Waals surface area contributed by atoms with E-state index >= 15 is 0 Å². The van der Waals surface area contributed by atoms with Gasteiger partial charge in [-0.05, 0) is 17.9 Å². The monoisotopic (exact) mass is 285 g/mol. The van der Waals surface area contributed by atoms with Gasteiger partial charge in [-0.15, -0.1) is 0 Å². The first-order valence-corrected chi connectivity index (χ1v) is 7.12. The summed E-state index contributed by atoms with van der Waals surface area (Å²) in [7, 11) is 3.51. The van der Waals surface area contributed by atoms with Crippen LogP contribution >= 0.6 is 0 Å².